The summed E-state index contributed by atoms with van der Waals surface area (Å²) in [6, 6.07) is 6.99. The maximum atomic E-state index is 11.5. The first-order chi connectivity index (χ1) is 9.82. The Morgan fingerprint density at radius 3 is 2.32 bits per heavy atom. The molecule has 0 aliphatic heterocycles. The zero-order chi connectivity index (χ0) is 17.2. The van der Waals surface area contributed by atoms with Gasteiger partial charge >= 0.3 is 0 Å². The Labute approximate surface area is 140 Å². The van der Waals surface area contributed by atoms with Gasteiger partial charge in [0.15, 0.2) is 8.32 Å². The Balaban J connectivity index is 2.98. The molecule has 1 atom stereocenters. The van der Waals surface area contributed by atoms with Crippen molar-refractivity contribution in [1.29, 1.82) is 0 Å². The molecule has 0 aliphatic carbocycles. The highest BCUT2D eigenvalue weighted by molar-refractivity contribution is 7.86. The molecule has 0 saturated heterocycles. The molecule has 0 aliphatic rings. The van der Waals surface area contributed by atoms with Crippen LogP contribution >= 0.6 is 11.6 Å². The molecule has 1 aromatic carbocycles. The molecule has 1 rings (SSSR count). The van der Waals surface area contributed by atoms with Crippen molar-refractivity contribution in [2.75, 3.05) is 12.9 Å². The number of benzene rings is 1. The molecule has 0 fully saturated rings. The summed E-state index contributed by atoms with van der Waals surface area (Å²) in [4.78, 5) is 0. The minimum Gasteiger partial charge on any atom is -0.414 e. The Hall–Kier alpha value is -0.403. The quantitative estimate of drug-likeness (QED) is 0.555. The molecule has 0 amide bonds. The molecule has 4 nitrogen and oxygen atoms in total. The third-order valence-electron chi connectivity index (χ3n) is 3.91. The van der Waals surface area contributed by atoms with E-state index in [1.165, 1.54) is 0 Å². The number of rotatable bonds is 6. The molecule has 126 valence electrons. The summed E-state index contributed by atoms with van der Waals surface area (Å²) in [5.74, 6) is 0. The minimum atomic E-state index is -3.60. The largest absolute Gasteiger partial charge is 0.414 e. The first kappa shape index (κ1) is 19.6. The van der Waals surface area contributed by atoms with E-state index in [1.807, 2.05) is 0 Å². The van der Waals surface area contributed by atoms with Crippen molar-refractivity contribution in [3.8, 4) is 0 Å². The molecule has 0 N–H and O–H groups in total. The van der Waals surface area contributed by atoms with Gasteiger partial charge < -0.3 is 4.43 Å². The van der Waals surface area contributed by atoms with E-state index in [-0.39, 0.29) is 11.6 Å². The second-order valence-electron chi connectivity index (χ2n) is 6.92. The van der Waals surface area contributed by atoms with Crippen LogP contribution in [-0.2, 0) is 18.7 Å². The van der Waals surface area contributed by atoms with E-state index in [2.05, 4.69) is 33.9 Å². The van der Waals surface area contributed by atoms with Crippen LogP contribution in [0.5, 0.6) is 0 Å². The summed E-state index contributed by atoms with van der Waals surface area (Å²) in [6.07, 6.45) is 0.347. The van der Waals surface area contributed by atoms with Crippen LogP contribution in [-0.4, -0.2) is 29.6 Å². The first-order valence-corrected chi connectivity index (χ1v) is 12.2. The second kappa shape index (κ2) is 7.01. The lowest BCUT2D eigenvalue weighted by Crippen LogP contribution is -2.42. The lowest BCUT2D eigenvalue weighted by Gasteiger charge is -2.37. The summed E-state index contributed by atoms with van der Waals surface area (Å²) in [5, 5.41) is 0.573. The fraction of sp³-hybridized carbons (Fsp3) is 0.600. The van der Waals surface area contributed by atoms with E-state index in [9.17, 15) is 8.42 Å². The molecular weight excluding hydrogens is 340 g/mol. The predicted octanol–water partition coefficient (Wildman–Crippen LogP) is 4.38. The average molecular weight is 365 g/mol. The fourth-order valence-electron chi connectivity index (χ4n) is 1.60. The molecule has 7 heteroatoms. The van der Waals surface area contributed by atoms with Gasteiger partial charge in [-0.25, -0.2) is 0 Å². The third-order valence-corrected chi connectivity index (χ3v) is 9.23. The van der Waals surface area contributed by atoms with Crippen molar-refractivity contribution in [2.24, 2.45) is 0 Å². The number of halogens is 1. The molecule has 0 bridgehead atoms. The Morgan fingerprint density at radius 2 is 1.86 bits per heavy atom. The lowest BCUT2D eigenvalue weighted by molar-refractivity contribution is 0.127. The van der Waals surface area contributed by atoms with Gasteiger partial charge in [0.2, 0.25) is 0 Å². The third kappa shape index (κ3) is 6.00. The van der Waals surface area contributed by atoms with Gasteiger partial charge in [0.05, 0.1) is 12.9 Å². The van der Waals surface area contributed by atoms with Crippen LogP contribution < -0.4 is 0 Å². The van der Waals surface area contributed by atoms with Gasteiger partial charge in [-0.05, 0) is 35.8 Å². The van der Waals surface area contributed by atoms with Gasteiger partial charge in [-0.1, -0.05) is 44.5 Å². The minimum absolute atomic E-state index is 0.0387. The summed E-state index contributed by atoms with van der Waals surface area (Å²) >= 11 is 5.99. The summed E-state index contributed by atoms with van der Waals surface area (Å²) in [6.45, 7) is 10.8. The summed E-state index contributed by atoms with van der Waals surface area (Å²) < 4.78 is 34.3. The fourth-order valence-corrected chi connectivity index (χ4v) is 3.39. The highest BCUT2D eigenvalue weighted by atomic mass is 35.5. The van der Waals surface area contributed by atoms with Crippen molar-refractivity contribution in [2.45, 2.75) is 45.0 Å². The van der Waals surface area contributed by atoms with Gasteiger partial charge in [0.25, 0.3) is 10.1 Å². The molecule has 0 spiro atoms. The Bertz CT molecular complexity index is 608. The van der Waals surface area contributed by atoms with E-state index in [4.69, 9.17) is 20.2 Å². The summed E-state index contributed by atoms with van der Waals surface area (Å²) in [7, 11) is -5.59. The van der Waals surface area contributed by atoms with Crippen LogP contribution in [0.3, 0.4) is 0 Å². The lowest BCUT2D eigenvalue weighted by atomic mass is 10.1. The molecule has 0 heterocycles. The summed E-state index contributed by atoms with van der Waals surface area (Å²) in [5.41, 5.74) is 0.691. The maximum Gasteiger partial charge on any atom is 0.265 e. The van der Waals surface area contributed by atoms with E-state index < -0.39 is 24.5 Å². The van der Waals surface area contributed by atoms with Gasteiger partial charge in [-0.15, -0.1) is 0 Å². The maximum absolute atomic E-state index is 11.5. The zero-order valence-electron chi connectivity index (χ0n) is 14.0. The molecular formula is C15H25ClO4SSi. The van der Waals surface area contributed by atoms with Crippen molar-refractivity contribution in [3.63, 3.8) is 0 Å². The smallest absolute Gasteiger partial charge is 0.265 e. The van der Waals surface area contributed by atoms with Crippen LogP contribution in [0.25, 0.3) is 0 Å². The highest BCUT2D eigenvalue weighted by Crippen LogP contribution is 2.37. The molecule has 22 heavy (non-hydrogen) atoms. The van der Waals surface area contributed by atoms with Crippen LogP contribution in [0, 0.1) is 0 Å². The van der Waals surface area contributed by atoms with E-state index in [0.717, 1.165) is 6.26 Å². The van der Waals surface area contributed by atoms with Crippen LogP contribution in [0.1, 0.15) is 32.4 Å². The highest BCUT2D eigenvalue weighted by Gasteiger charge is 2.38. The Morgan fingerprint density at radius 1 is 1.27 bits per heavy atom. The zero-order valence-corrected chi connectivity index (χ0v) is 16.6. The second-order valence-corrected chi connectivity index (χ2v) is 13.8. The molecule has 0 saturated carbocycles. The van der Waals surface area contributed by atoms with Gasteiger partial charge in [0, 0.05) is 5.02 Å². The SMILES string of the molecule is CC(C)(C)[Si](C)(C)OCC(OS(C)(=O)=O)c1cccc(Cl)c1. The van der Waals surface area contributed by atoms with Gasteiger partial charge in [-0.3, -0.25) is 4.18 Å². The number of hydrogen-bond acceptors (Lipinski definition) is 4. The van der Waals surface area contributed by atoms with Crippen molar-refractivity contribution < 1.29 is 17.0 Å². The Kier molecular flexibility index (Phi) is 6.26. The average Bonchev–Trinajstić information content (AvgIpc) is 2.31. The van der Waals surface area contributed by atoms with Crippen LogP contribution in [0.15, 0.2) is 24.3 Å². The van der Waals surface area contributed by atoms with Crippen molar-refractivity contribution >= 4 is 30.0 Å². The van der Waals surface area contributed by atoms with Crippen LogP contribution in [0.4, 0.5) is 0 Å². The standard InChI is InChI=1S/C15H25ClO4SSi/c1-15(2,3)22(5,6)19-11-14(20-21(4,17)18)12-8-7-9-13(16)10-12/h7-10,14H,11H2,1-6H3. The first-order valence-electron chi connectivity index (χ1n) is 7.09. The van der Waals surface area contributed by atoms with Crippen LogP contribution in [0.2, 0.25) is 23.2 Å². The van der Waals surface area contributed by atoms with Crippen molar-refractivity contribution in [3.05, 3.63) is 34.9 Å². The molecule has 1 unspecified atom stereocenters. The molecule has 1 aromatic rings. The van der Waals surface area contributed by atoms with Crippen molar-refractivity contribution in [1.82, 2.24) is 0 Å². The van der Waals surface area contributed by atoms with E-state index >= 15 is 0 Å². The van der Waals surface area contributed by atoms with E-state index in [0.29, 0.717) is 10.6 Å². The monoisotopic (exact) mass is 364 g/mol. The molecule has 0 radical (unpaired) electrons. The normalized spacial score (nSPS) is 14.9. The number of hydrogen-bond donors (Lipinski definition) is 0. The topological polar surface area (TPSA) is 52.6 Å². The molecule has 0 aromatic heterocycles. The van der Waals surface area contributed by atoms with E-state index in [1.54, 1.807) is 24.3 Å². The van der Waals surface area contributed by atoms with Gasteiger partial charge in [-0.2, -0.15) is 8.42 Å². The van der Waals surface area contributed by atoms with Gasteiger partial charge in [0.1, 0.15) is 6.10 Å². The predicted molar refractivity (Wildman–Crippen MR) is 93.3 cm³/mol.